The fraction of sp³-hybridized carbons (Fsp3) is 0.462. The number of fused-ring (bicyclic) bond motifs is 1. The van der Waals surface area contributed by atoms with E-state index in [1.165, 1.54) is 6.07 Å². The monoisotopic (exact) mass is 285 g/mol. The predicted molar refractivity (Wildman–Crippen MR) is 70.4 cm³/mol. The molecule has 1 atom stereocenters. The lowest BCUT2D eigenvalue weighted by molar-refractivity contribution is 0.391. The van der Waals surface area contributed by atoms with Gasteiger partial charge >= 0.3 is 0 Å². The van der Waals surface area contributed by atoms with Gasteiger partial charge in [-0.05, 0) is 32.1 Å². The van der Waals surface area contributed by atoms with Gasteiger partial charge in [-0.1, -0.05) is 0 Å². The van der Waals surface area contributed by atoms with Crippen LogP contribution in [-0.4, -0.2) is 34.6 Å². The van der Waals surface area contributed by atoms with Crippen LogP contribution < -0.4 is 0 Å². The first-order chi connectivity index (χ1) is 9.11. The van der Waals surface area contributed by atoms with E-state index in [0.717, 1.165) is 25.6 Å². The topological polar surface area (TPSA) is 21.1 Å². The number of nitrogens with zero attached hydrogens (tertiary/aromatic N) is 3. The van der Waals surface area contributed by atoms with Crippen LogP contribution in [-0.2, 0) is 5.88 Å². The average Bonchev–Trinajstić information content (AvgIpc) is 2.97. The summed E-state index contributed by atoms with van der Waals surface area (Å²) in [6, 6.07) is 2.70. The molecule has 0 bridgehead atoms. The van der Waals surface area contributed by atoms with Crippen molar-refractivity contribution < 1.29 is 8.78 Å². The largest absolute Gasteiger partial charge is 0.320 e. The summed E-state index contributed by atoms with van der Waals surface area (Å²) in [5.74, 6) is -0.894. The molecule has 102 valence electrons. The van der Waals surface area contributed by atoms with E-state index in [9.17, 15) is 8.78 Å². The van der Waals surface area contributed by atoms with E-state index in [4.69, 9.17) is 11.6 Å². The second-order valence-corrected chi connectivity index (χ2v) is 5.23. The number of hydrogen-bond donors (Lipinski definition) is 0. The van der Waals surface area contributed by atoms with Gasteiger partial charge in [0.15, 0.2) is 11.6 Å². The summed E-state index contributed by atoms with van der Waals surface area (Å²) in [6.45, 7) is 1.73. The molecule has 0 saturated carbocycles. The van der Waals surface area contributed by atoms with Crippen molar-refractivity contribution in [3.63, 3.8) is 0 Å². The molecule has 3 nitrogen and oxygen atoms in total. The number of likely N-dealkylation sites (tertiary alicyclic amines) is 1. The molecule has 19 heavy (non-hydrogen) atoms. The molecule has 0 N–H and O–H groups in total. The first-order valence-electron chi connectivity index (χ1n) is 6.21. The summed E-state index contributed by atoms with van der Waals surface area (Å²) in [5, 5.41) is 0. The van der Waals surface area contributed by atoms with E-state index >= 15 is 0 Å². The third-order valence-electron chi connectivity index (χ3n) is 3.67. The Morgan fingerprint density at radius 1 is 1.42 bits per heavy atom. The predicted octanol–water partition coefficient (Wildman–Crippen LogP) is 2.93. The van der Waals surface area contributed by atoms with Crippen molar-refractivity contribution in [3.05, 3.63) is 29.6 Å². The molecule has 2 aromatic rings. The van der Waals surface area contributed by atoms with Gasteiger partial charge in [0.25, 0.3) is 0 Å². The second-order valence-electron chi connectivity index (χ2n) is 4.97. The summed E-state index contributed by atoms with van der Waals surface area (Å²) in [6.07, 6.45) is 0.891. The molecule has 0 radical (unpaired) electrons. The van der Waals surface area contributed by atoms with Crippen LogP contribution in [0.15, 0.2) is 12.1 Å². The average molecular weight is 286 g/mol. The maximum absolute atomic E-state index is 14.1. The van der Waals surface area contributed by atoms with Gasteiger partial charge < -0.3 is 9.47 Å². The third kappa shape index (κ3) is 2.01. The van der Waals surface area contributed by atoms with Crippen molar-refractivity contribution in [1.82, 2.24) is 14.5 Å². The van der Waals surface area contributed by atoms with E-state index in [0.29, 0.717) is 11.3 Å². The Bertz CT molecular complexity index is 626. The smallest absolute Gasteiger partial charge is 0.184 e. The minimum atomic E-state index is -0.846. The molecule has 1 fully saturated rings. The maximum atomic E-state index is 14.1. The molecular weight excluding hydrogens is 272 g/mol. The van der Waals surface area contributed by atoms with Crippen molar-refractivity contribution in [2.24, 2.45) is 0 Å². The Balaban J connectivity index is 2.22. The van der Waals surface area contributed by atoms with Gasteiger partial charge in [-0.3, -0.25) is 0 Å². The molecule has 6 heteroatoms. The van der Waals surface area contributed by atoms with Crippen LogP contribution in [0.3, 0.4) is 0 Å². The van der Waals surface area contributed by atoms with Crippen LogP contribution >= 0.6 is 11.6 Å². The molecule has 2 heterocycles. The number of aromatic nitrogens is 2. The van der Waals surface area contributed by atoms with Gasteiger partial charge in [0.1, 0.15) is 11.3 Å². The molecule has 0 spiro atoms. The number of hydrogen-bond acceptors (Lipinski definition) is 2. The van der Waals surface area contributed by atoms with E-state index in [1.807, 2.05) is 7.05 Å². The molecule has 1 aromatic carbocycles. The summed E-state index contributed by atoms with van der Waals surface area (Å²) in [4.78, 5) is 6.47. The van der Waals surface area contributed by atoms with E-state index < -0.39 is 11.6 Å². The third-order valence-corrected chi connectivity index (χ3v) is 3.91. The summed E-state index contributed by atoms with van der Waals surface area (Å²) in [5.41, 5.74) is 0.694. The highest BCUT2D eigenvalue weighted by molar-refractivity contribution is 6.16. The molecule has 0 aliphatic carbocycles. The Morgan fingerprint density at radius 2 is 2.21 bits per heavy atom. The highest BCUT2D eigenvalue weighted by Gasteiger charge is 2.27. The lowest BCUT2D eigenvalue weighted by atomic mass is 10.2. The molecule has 1 aliphatic rings. The van der Waals surface area contributed by atoms with Crippen molar-refractivity contribution in [2.45, 2.75) is 18.3 Å². The Kier molecular flexibility index (Phi) is 3.19. The zero-order valence-electron chi connectivity index (χ0n) is 10.5. The zero-order valence-corrected chi connectivity index (χ0v) is 11.3. The first-order valence-corrected chi connectivity index (χ1v) is 6.74. The molecule has 1 aliphatic heterocycles. The summed E-state index contributed by atoms with van der Waals surface area (Å²) in [7, 11) is 2.01. The Morgan fingerprint density at radius 3 is 2.84 bits per heavy atom. The fourth-order valence-electron chi connectivity index (χ4n) is 2.78. The van der Waals surface area contributed by atoms with Crippen LogP contribution in [0.4, 0.5) is 8.78 Å². The number of imidazole rings is 1. The van der Waals surface area contributed by atoms with Gasteiger partial charge in [-0.2, -0.15) is 0 Å². The van der Waals surface area contributed by atoms with Crippen LogP contribution in [0.5, 0.6) is 0 Å². The lowest BCUT2D eigenvalue weighted by Gasteiger charge is -2.16. The zero-order chi connectivity index (χ0) is 13.6. The van der Waals surface area contributed by atoms with E-state index in [1.54, 1.807) is 4.57 Å². The fourth-order valence-corrected chi connectivity index (χ4v) is 2.97. The summed E-state index contributed by atoms with van der Waals surface area (Å²) >= 11 is 5.90. The first kappa shape index (κ1) is 12.8. The van der Waals surface area contributed by atoms with Crippen LogP contribution in [0.25, 0.3) is 11.0 Å². The number of alkyl halides is 1. The lowest BCUT2D eigenvalue weighted by Crippen LogP contribution is -2.18. The Labute approximate surface area is 114 Å². The number of benzene rings is 1. The number of rotatable bonds is 2. The van der Waals surface area contributed by atoms with Gasteiger partial charge in [0, 0.05) is 12.6 Å². The second kappa shape index (κ2) is 4.72. The minimum Gasteiger partial charge on any atom is -0.320 e. The van der Waals surface area contributed by atoms with Gasteiger partial charge in [-0.15, -0.1) is 11.6 Å². The van der Waals surface area contributed by atoms with Crippen LogP contribution in [0.2, 0.25) is 0 Å². The summed E-state index contributed by atoms with van der Waals surface area (Å²) < 4.78 is 29.3. The Hall–Kier alpha value is -1.20. The molecule has 1 aromatic heterocycles. The van der Waals surface area contributed by atoms with Crippen molar-refractivity contribution in [3.8, 4) is 0 Å². The minimum absolute atomic E-state index is 0.0973. The molecule has 1 saturated heterocycles. The standard InChI is InChI=1S/C13H14ClF2N3/c1-18-5-4-8(7-18)19-11(6-14)17-10-3-2-9(15)12(16)13(10)19/h2-3,8H,4-7H2,1H3. The van der Waals surface area contributed by atoms with Crippen LogP contribution in [0.1, 0.15) is 18.3 Å². The van der Waals surface area contributed by atoms with E-state index in [2.05, 4.69) is 9.88 Å². The number of likely N-dealkylation sites (N-methyl/N-ethyl adjacent to an activating group) is 1. The van der Waals surface area contributed by atoms with Crippen molar-refractivity contribution in [1.29, 1.82) is 0 Å². The van der Waals surface area contributed by atoms with Crippen molar-refractivity contribution >= 4 is 22.6 Å². The number of halogens is 3. The molecule has 1 unspecified atom stereocenters. The highest BCUT2D eigenvalue weighted by atomic mass is 35.5. The van der Waals surface area contributed by atoms with E-state index in [-0.39, 0.29) is 17.4 Å². The SMILES string of the molecule is CN1CCC(n2c(CCl)nc3ccc(F)c(F)c32)C1. The van der Waals surface area contributed by atoms with Gasteiger partial charge in [0.2, 0.25) is 0 Å². The molecular formula is C13H14ClF2N3. The normalized spacial score (nSPS) is 20.5. The highest BCUT2D eigenvalue weighted by Crippen LogP contribution is 2.30. The van der Waals surface area contributed by atoms with Crippen molar-refractivity contribution in [2.75, 3.05) is 20.1 Å². The molecule has 0 amide bonds. The quantitative estimate of drug-likeness (QED) is 0.791. The maximum Gasteiger partial charge on any atom is 0.184 e. The molecule has 3 rings (SSSR count). The van der Waals surface area contributed by atoms with Gasteiger partial charge in [0.05, 0.1) is 11.4 Å². The van der Waals surface area contributed by atoms with Gasteiger partial charge in [-0.25, -0.2) is 13.8 Å². The van der Waals surface area contributed by atoms with Crippen LogP contribution in [0, 0.1) is 11.6 Å².